The van der Waals surface area contributed by atoms with Crippen LogP contribution in [0.3, 0.4) is 0 Å². The van der Waals surface area contributed by atoms with Gasteiger partial charge in [-0.25, -0.2) is 15.0 Å². The molecular formula is C52H32N6. The highest BCUT2D eigenvalue weighted by Crippen LogP contribution is 2.34. The van der Waals surface area contributed by atoms with E-state index in [1.807, 2.05) is 61.1 Å². The Morgan fingerprint density at radius 2 is 0.724 bits per heavy atom. The van der Waals surface area contributed by atoms with Crippen molar-refractivity contribution in [1.82, 2.24) is 29.9 Å². The minimum Gasteiger partial charge on any atom is -0.256 e. The molecule has 0 aliphatic carbocycles. The molecule has 270 valence electrons. The largest absolute Gasteiger partial charge is 0.256 e. The van der Waals surface area contributed by atoms with Crippen LogP contribution in [0, 0.1) is 0 Å². The minimum atomic E-state index is 0.896. The molecule has 0 unspecified atom stereocenters. The smallest absolute Gasteiger partial charge is 0.0972 e. The van der Waals surface area contributed by atoms with Crippen LogP contribution in [0.5, 0.6) is 0 Å². The molecule has 5 aromatic carbocycles. The van der Waals surface area contributed by atoms with E-state index in [-0.39, 0.29) is 0 Å². The van der Waals surface area contributed by atoms with E-state index in [0.717, 1.165) is 111 Å². The van der Waals surface area contributed by atoms with Crippen LogP contribution in [0.4, 0.5) is 0 Å². The summed E-state index contributed by atoms with van der Waals surface area (Å²) in [6.45, 7) is 0. The third-order valence-corrected chi connectivity index (χ3v) is 10.7. The number of rotatable bonds is 6. The number of nitrogens with zero attached hydrogens (tertiary/aromatic N) is 6. The molecule has 0 atom stereocenters. The molecule has 0 bridgehead atoms. The summed E-state index contributed by atoms with van der Waals surface area (Å²) in [6.07, 6.45) is 5.47. The van der Waals surface area contributed by atoms with Gasteiger partial charge in [0.1, 0.15) is 0 Å². The van der Waals surface area contributed by atoms with Crippen molar-refractivity contribution < 1.29 is 0 Å². The van der Waals surface area contributed by atoms with E-state index in [4.69, 9.17) is 15.0 Å². The molecule has 6 heterocycles. The molecule has 0 saturated heterocycles. The standard InChI is InChI=1S/C52H32N6/c1-3-24-53-44(10-1)41-30-42(45-11-2-4-25-54-45)32-43(31-41)50-23-18-40-28-36(16-21-48(40)57-50)35-15-20-47-39(27-35)17-22-46(56-47)37-7-5-8-38(29-37)49-19-14-34-13-12-33-9-6-26-55-51(33)52(34)58-49/h1-32H. The summed E-state index contributed by atoms with van der Waals surface area (Å²) < 4.78 is 0. The van der Waals surface area contributed by atoms with E-state index < -0.39 is 0 Å². The van der Waals surface area contributed by atoms with Crippen molar-refractivity contribution in [1.29, 1.82) is 0 Å². The predicted molar refractivity (Wildman–Crippen MR) is 236 cm³/mol. The van der Waals surface area contributed by atoms with Gasteiger partial charge in [0.25, 0.3) is 0 Å². The lowest BCUT2D eigenvalue weighted by molar-refractivity contribution is 1.31. The van der Waals surface area contributed by atoms with Crippen LogP contribution in [0.2, 0.25) is 0 Å². The molecule has 0 radical (unpaired) electrons. The normalized spacial score (nSPS) is 11.4. The van der Waals surface area contributed by atoms with Crippen molar-refractivity contribution in [2.75, 3.05) is 0 Å². The van der Waals surface area contributed by atoms with Gasteiger partial charge in [-0.05, 0) is 108 Å². The first-order chi connectivity index (χ1) is 28.7. The molecule has 6 heteroatoms. The Labute approximate surface area is 334 Å². The first-order valence-electron chi connectivity index (χ1n) is 19.2. The number of hydrogen-bond donors (Lipinski definition) is 0. The monoisotopic (exact) mass is 740 g/mol. The van der Waals surface area contributed by atoms with Gasteiger partial charge in [-0.2, -0.15) is 0 Å². The molecule has 6 aromatic heterocycles. The van der Waals surface area contributed by atoms with Crippen molar-refractivity contribution in [3.05, 3.63) is 195 Å². The van der Waals surface area contributed by atoms with Gasteiger partial charge in [-0.15, -0.1) is 0 Å². The van der Waals surface area contributed by atoms with Gasteiger partial charge >= 0.3 is 0 Å². The van der Waals surface area contributed by atoms with Crippen LogP contribution in [0.25, 0.3) is 111 Å². The summed E-state index contributed by atoms with van der Waals surface area (Å²) in [6, 6.07) is 60.8. The first-order valence-corrected chi connectivity index (χ1v) is 19.2. The fraction of sp³-hybridized carbons (Fsp3) is 0. The maximum atomic E-state index is 5.13. The summed E-state index contributed by atoms with van der Waals surface area (Å²) in [5.41, 5.74) is 15.6. The summed E-state index contributed by atoms with van der Waals surface area (Å²) >= 11 is 0. The Kier molecular flexibility index (Phi) is 8.04. The van der Waals surface area contributed by atoms with Crippen LogP contribution in [-0.4, -0.2) is 29.9 Å². The van der Waals surface area contributed by atoms with Crippen molar-refractivity contribution >= 4 is 43.6 Å². The Morgan fingerprint density at radius 3 is 1.31 bits per heavy atom. The Morgan fingerprint density at radius 1 is 0.241 bits per heavy atom. The number of pyridine rings is 6. The van der Waals surface area contributed by atoms with E-state index in [0.29, 0.717) is 0 Å². The number of aromatic nitrogens is 6. The average Bonchev–Trinajstić information content (AvgIpc) is 3.31. The zero-order valence-corrected chi connectivity index (χ0v) is 31.2. The topological polar surface area (TPSA) is 77.3 Å². The lowest BCUT2D eigenvalue weighted by Crippen LogP contribution is -1.91. The SMILES string of the molecule is c1ccc(-c2cc(-c3ccccn3)cc(-c3ccc4cc(-c5ccc6nc(-c7cccc(-c8ccc9ccc%10cccnc%10c9n8)c7)ccc6c5)ccc4n3)c2)nc1. The fourth-order valence-corrected chi connectivity index (χ4v) is 7.79. The zero-order chi connectivity index (χ0) is 38.4. The van der Waals surface area contributed by atoms with Crippen LogP contribution in [0.1, 0.15) is 0 Å². The third-order valence-electron chi connectivity index (χ3n) is 10.7. The number of fused-ring (bicyclic) bond motifs is 5. The van der Waals surface area contributed by atoms with E-state index >= 15 is 0 Å². The lowest BCUT2D eigenvalue weighted by Gasteiger charge is -2.11. The molecule has 0 fully saturated rings. The minimum absolute atomic E-state index is 0.896. The maximum Gasteiger partial charge on any atom is 0.0972 e. The fourth-order valence-electron chi connectivity index (χ4n) is 7.79. The Balaban J connectivity index is 0.887. The van der Waals surface area contributed by atoms with E-state index in [1.54, 1.807) is 0 Å². The number of benzene rings is 5. The molecule has 0 aliphatic rings. The molecule has 0 aliphatic heterocycles. The highest BCUT2D eigenvalue weighted by Gasteiger charge is 2.13. The van der Waals surface area contributed by atoms with Gasteiger partial charge in [0.15, 0.2) is 0 Å². The van der Waals surface area contributed by atoms with Gasteiger partial charge < -0.3 is 0 Å². The van der Waals surface area contributed by atoms with E-state index in [1.165, 1.54) is 0 Å². The van der Waals surface area contributed by atoms with Gasteiger partial charge in [-0.1, -0.05) is 78.9 Å². The summed E-state index contributed by atoms with van der Waals surface area (Å²) in [7, 11) is 0. The van der Waals surface area contributed by atoms with Crippen molar-refractivity contribution in [2.45, 2.75) is 0 Å². The molecule has 0 saturated carbocycles. The number of hydrogen-bond acceptors (Lipinski definition) is 6. The van der Waals surface area contributed by atoms with Gasteiger partial charge in [-0.3, -0.25) is 15.0 Å². The van der Waals surface area contributed by atoms with Crippen molar-refractivity contribution in [2.24, 2.45) is 0 Å². The Bertz CT molecular complexity index is 3290. The molecule has 0 amide bonds. The van der Waals surface area contributed by atoms with E-state index in [2.05, 4.69) is 148 Å². The third kappa shape index (κ3) is 6.19. The maximum absolute atomic E-state index is 5.13. The van der Waals surface area contributed by atoms with Crippen LogP contribution < -0.4 is 0 Å². The highest BCUT2D eigenvalue weighted by molar-refractivity contribution is 6.03. The molecule has 58 heavy (non-hydrogen) atoms. The molecule has 0 N–H and O–H groups in total. The lowest BCUT2D eigenvalue weighted by atomic mass is 9.98. The second-order valence-electron chi connectivity index (χ2n) is 14.4. The molecule has 6 nitrogen and oxygen atoms in total. The molecular weight excluding hydrogens is 709 g/mol. The highest BCUT2D eigenvalue weighted by atomic mass is 14.8. The van der Waals surface area contributed by atoms with Gasteiger partial charge in [0.05, 0.1) is 50.5 Å². The first kappa shape index (κ1) is 33.4. The zero-order valence-electron chi connectivity index (χ0n) is 31.2. The van der Waals surface area contributed by atoms with Crippen molar-refractivity contribution in [3.8, 4) is 67.4 Å². The second kappa shape index (κ2) is 14.0. The van der Waals surface area contributed by atoms with Crippen LogP contribution in [0.15, 0.2) is 195 Å². The van der Waals surface area contributed by atoms with Gasteiger partial charge in [0, 0.05) is 68.0 Å². The van der Waals surface area contributed by atoms with E-state index in [9.17, 15) is 0 Å². The Hall–Kier alpha value is -7.96. The molecule has 11 aromatic rings. The van der Waals surface area contributed by atoms with Crippen LogP contribution in [-0.2, 0) is 0 Å². The van der Waals surface area contributed by atoms with Gasteiger partial charge in [0.2, 0.25) is 0 Å². The summed E-state index contributed by atoms with van der Waals surface area (Å²) in [4.78, 5) is 29.2. The molecule has 11 rings (SSSR count). The average molecular weight is 741 g/mol. The summed E-state index contributed by atoms with van der Waals surface area (Å²) in [5, 5.41) is 4.31. The molecule has 0 spiro atoms. The predicted octanol–water partition coefficient (Wildman–Crippen LogP) is 12.7. The van der Waals surface area contributed by atoms with Crippen LogP contribution >= 0.6 is 0 Å². The summed E-state index contributed by atoms with van der Waals surface area (Å²) in [5.74, 6) is 0. The quantitative estimate of drug-likeness (QED) is 0.158. The second-order valence-corrected chi connectivity index (χ2v) is 14.4. The van der Waals surface area contributed by atoms with Crippen molar-refractivity contribution in [3.63, 3.8) is 0 Å².